The van der Waals surface area contributed by atoms with Crippen molar-refractivity contribution in [3.05, 3.63) is 15.8 Å². The molecule has 9 heteroatoms. The van der Waals surface area contributed by atoms with Crippen LogP contribution in [0.4, 0.5) is 11.5 Å². The van der Waals surface area contributed by atoms with Crippen LogP contribution in [0.25, 0.3) is 0 Å². The average Bonchev–Trinajstić information content (AvgIpc) is 2.84. The summed E-state index contributed by atoms with van der Waals surface area (Å²) in [7, 11) is 3.35. The molecule has 9 nitrogen and oxygen atoms in total. The number of carbonyl (C=O) groups excluding carboxylic acids is 1. The number of carbonyl (C=O) groups is 1. The summed E-state index contributed by atoms with van der Waals surface area (Å²) in [5.74, 6) is 0.537. The highest BCUT2D eigenvalue weighted by atomic mass is 16.6. The topological polar surface area (TPSA) is 96.5 Å². The van der Waals surface area contributed by atoms with Gasteiger partial charge in [0.15, 0.2) is 0 Å². The van der Waals surface area contributed by atoms with E-state index < -0.39 is 0 Å². The Labute approximate surface area is 129 Å². The van der Waals surface area contributed by atoms with Crippen molar-refractivity contribution in [2.24, 2.45) is 7.05 Å². The third-order valence-corrected chi connectivity index (χ3v) is 3.90. The highest BCUT2D eigenvalue weighted by Gasteiger charge is 2.31. The van der Waals surface area contributed by atoms with E-state index in [1.807, 2.05) is 16.7 Å². The summed E-state index contributed by atoms with van der Waals surface area (Å²) < 4.78 is 1.59. The van der Waals surface area contributed by atoms with Gasteiger partial charge < -0.3 is 10.2 Å². The van der Waals surface area contributed by atoms with Crippen molar-refractivity contribution in [1.82, 2.24) is 20.0 Å². The standard InChI is InChI=1S/C13H22N6O3/c1-4-10-12(19(21)22)13(16(3)15-10)18-7-5-17(6-8-18)9-11(20)14-2/h4-9H2,1-3H3,(H,14,20). The van der Waals surface area contributed by atoms with E-state index in [0.29, 0.717) is 50.7 Å². The Bertz CT molecular complexity index is 562. The Balaban J connectivity index is 2.13. The fraction of sp³-hybridized carbons (Fsp3) is 0.692. The van der Waals surface area contributed by atoms with Crippen molar-refractivity contribution < 1.29 is 9.72 Å². The van der Waals surface area contributed by atoms with E-state index in [1.54, 1.807) is 18.8 Å². The highest BCUT2D eigenvalue weighted by molar-refractivity contribution is 5.77. The smallest absolute Gasteiger partial charge is 0.334 e. The van der Waals surface area contributed by atoms with Gasteiger partial charge in [0.05, 0.1) is 11.5 Å². The summed E-state index contributed by atoms with van der Waals surface area (Å²) in [5.41, 5.74) is 0.611. The number of nitrogens with one attached hydrogen (secondary N) is 1. The van der Waals surface area contributed by atoms with E-state index in [4.69, 9.17) is 0 Å². The lowest BCUT2D eigenvalue weighted by atomic mass is 10.2. The molecule has 0 atom stereocenters. The van der Waals surface area contributed by atoms with Gasteiger partial charge in [0.1, 0.15) is 5.69 Å². The molecule has 0 aromatic carbocycles. The van der Waals surface area contributed by atoms with Crippen LogP contribution >= 0.6 is 0 Å². The number of piperazine rings is 1. The van der Waals surface area contributed by atoms with Gasteiger partial charge in [-0.15, -0.1) is 0 Å². The summed E-state index contributed by atoms with van der Waals surface area (Å²) in [6, 6.07) is 0. The van der Waals surface area contributed by atoms with Crippen LogP contribution in [0.15, 0.2) is 0 Å². The largest absolute Gasteiger partial charge is 0.358 e. The minimum absolute atomic E-state index is 0.0202. The molecular formula is C13H22N6O3. The third-order valence-electron chi connectivity index (χ3n) is 3.90. The Morgan fingerprint density at radius 1 is 1.36 bits per heavy atom. The lowest BCUT2D eigenvalue weighted by Crippen LogP contribution is -2.49. The van der Waals surface area contributed by atoms with E-state index in [-0.39, 0.29) is 16.5 Å². The summed E-state index contributed by atoms with van der Waals surface area (Å²) in [6.07, 6.45) is 0.529. The summed E-state index contributed by atoms with van der Waals surface area (Å²) >= 11 is 0. The molecule has 2 heterocycles. The van der Waals surface area contributed by atoms with E-state index in [9.17, 15) is 14.9 Å². The number of amides is 1. The van der Waals surface area contributed by atoms with Crippen LogP contribution in [0.3, 0.4) is 0 Å². The molecule has 1 aromatic heterocycles. The Morgan fingerprint density at radius 2 is 2.00 bits per heavy atom. The molecule has 0 saturated carbocycles. The second-order valence-corrected chi connectivity index (χ2v) is 5.29. The molecule has 1 amide bonds. The van der Waals surface area contributed by atoms with E-state index >= 15 is 0 Å². The van der Waals surface area contributed by atoms with Crippen molar-refractivity contribution in [2.45, 2.75) is 13.3 Å². The maximum atomic E-state index is 11.4. The molecule has 0 aliphatic carbocycles. The number of hydrogen-bond acceptors (Lipinski definition) is 6. The van der Waals surface area contributed by atoms with Crippen LogP contribution in [0.2, 0.25) is 0 Å². The van der Waals surface area contributed by atoms with Crippen LogP contribution in [0, 0.1) is 10.1 Å². The summed E-state index contributed by atoms with van der Waals surface area (Å²) in [4.78, 5) is 26.4. The minimum Gasteiger partial charge on any atom is -0.358 e. The zero-order valence-electron chi connectivity index (χ0n) is 13.2. The van der Waals surface area contributed by atoms with E-state index in [0.717, 1.165) is 0 Å². The average molecular weight is 310 g/mol. The number of aryl methyl sites for hydroxylation is 2. The lowest BCUT2D eigenvalue weighted by Gasteiger charge is -2.34. The molecule has 1 fully saturated rings. The number of likely N-dealkylation sites (N-methyl/N-ethyl adjacent to an activating group) is 1. The van der Waals surface area contributed by atoms with E-state index in [2.05, 4.69) is 10.4 Å². The Morgan fingerprint density at radius 3 is 2.50 bits per heavy atom. The summed E-state index contributed by atoms with van der Waals surface area (Å²) in [5, 5.41) is 18.2. The van der Waals surface area contributed by atoms with Crippen molar-refractivity contribution >= 4 is 17.4 Å². The number of aromatic nitrogens is 2. The number of nitrogens with zero attached hydrogens (tertiary/aromatic N) is 5. The predicted octanol–water partition coefficient (Wildman–Crippen LogP) is -0.241. The molecule has 1 aromatic rings. The second-order valence-electron chi connectivity index (χ2n) is 5.29. The first-order valence-corrected chi connectivity index (χ1v) is 7.36. The quantitative estimate of drug-likeness (QED) is 0.595. The first-order chi connectivity index (χ1) is 10.5. The SMILES string of the molecule is CCc1nn(C)c(N2CCN(CC(=O)NC)CC2)c1[N+](=O)[O-]. The molecule has 1 saturated heterocycles. The maximum Gasteiger partial charge on any atom is 0.334 e. The fourth-order valence-electron chi connectivity index (χ4n) is 2.74. The van der Waals surface area contributed by atoms with Gasteiger partial charge in [0.25, 0.3) is 0 Å². The molecule has 1 aliphatic rings. The van der Waals surface area contributed by atoms with Crippen LogP contribution < -0.4 is 10.2 Å². The van der Waals surface area contributed by atoms with Crippen LogP contribution in [-0.2, 0) is 18.3 Å². The highest BCUT2D eigenvalue weighted by Crippen LogP contribution is 2.32. The van der Waals surface area contributed by atoms with Crippen LogP contribution in [0.5, 0.6) is 0 Å². The molecule has 2 rings (SSSR count). The number of anilines is 1. The number of rotatable bonds is 5. The molecule has 0 spiro atoms. The van der Waals surface area contributed by atoms with Crippen molar-refractivity contribution in [3.63, 3.8) is 0 Å². The van der Waals surface area contributed by atoms with Crippen LogP contribution in [-0.4, -0.2) is 65.3 Å². The summed E-state index contributed by atoms with van der Waals surface area (Å²) in [6.45, 7) is 4.88. The van der Waals surface area contributed by atoms with Crippen molar-refractivity contribution in [2.75, 3.05) is 44.7 Å². The zero-order chi connectivity index (χ0) is 16.3. The molecule has 0 unspecified atom stereocenters. The van der Waals surface area contributed by atoms with Gasteiger partial charge in [-0.05, 0) is 6.42 Å². The second kappa shape index (κ2) is 6.73. The van der Waals surface area contributed by atoms with Crippen molar-refractivity contribution in [1.29, 1.82) is 0 Å². The van der Waals surface area contributed by atoms with E-state index in [1.165, 1.54) is 0 Å². The molecule has 0 bridgehead atoms. The van der Waals surface area contributed by atoms with Gasteiger partial charge in [-0.2, -0.15) is 5.10 Å². The number of nitro groups is 1. The van der Waals surface area contributed by atoms with Crippen LogP contribution in [0.1, 0.15) is 12.6 Å². The van der Waals surface area contributed by atoms with Crippen molar-refractivity contribution in [3.8, 4) is 0 Å². The van der Waals surface area contributed by atoms with Gasteiger partial charge in [0.2, 0.25) is 11.7 Å². The number of hydrogen-bond donors (Lipinski definition) is 1. The molecule has 1 aliphatic heterocycles. The third kappa shape index (κ3) is 3.19. The molecule has 22 heavy (non-hydrogen) atoms. The Hall–Kier alpha value is -2.16. The monoisotopic (exact) mass is 310 g/mol. The Kier molecular flexibility index (Phi) is 4.96. The van der Waals surface area contributed by atoms with Gasteiger partial charge in [-0.3, -0.25) is 19.8 Å². The van der Waals surface area contributed by atoms with Gasteiger partial charge in [-0.25, -0.2) is 4.68 Å². The predicted molar refractivity (Wildman–Crippen MR) is 82.0 cm³/mol. The fourth-order valence-corrected chi connectivity index (χ4v) is 2.74. The normalized spacial score (nSPS) is 15.9. The maximum absolute atomic E-state index is 11.4. The zero-order valence-corrected chi connectivity index (χ0v) is 13.2. The van der Waals surface area contributed by atoms with Gasteiger partial charge in [-0.1, -0.05) is 6.92 Å². The van der Waals surface area contributed by atoms with Gasteiger partial charge >= 0.3 is 5.69 Å². The molecule has 0 radical (unpaired) electrons. The molecular weight excluding hydrogens is 288 g/mol. The minimum atomic E-state index is -0.349. The molecule has 1 N–H and O–H groups in total. The first kappa shape index (κ1) is 16.2. The molecule has 122 valence electrons. The van der Waals surface area contributed by atoms with Gasteiger partial charge in [0, 0.05) is 40.3 Å². The lowest BCUT2D eigenvalue weighted by molar-refractivity contribution is -0.384. The first-order valence-electron chi connectivity index (χ1n) is 7.36.